The van der Waals surface area contributed by atoms with Crippen molar-refractivity contribution < 1.29 is 0 Å². The molecular formula is C10H20N2. The van der Waals surface area contributed by atoms with Crippen molar-refractivity contribution in [1.82, 2.24) is 0 Å². The molecule has 0 fully saturated rings. The highest BCUT2D eigenvalue weighted by Gasteiger charge is 1.97. The number of nitriles is 1. The van der Waals surface area contributed by atoms with Gasteiger partial charge in [0, 0.05) is 5.92 Å². The Morgan fingerprint density at radius 3 is 2.33 bits per heavy atom. The van der Waals surface area contributed by atoms with Crippen molar-refractivity contribution >= 4 is 0 Å². The zero-order chi connectivity index (χ0) is 9.23. The molecule has 1 unspecified atom stereocenters. The predicted octanol–water partition coefficient (Wildman–Crippen LogP) is 2.45. The van der Waals surface area contributed by atoms with Crippen LogP contribution in [0.25, 0.3) is 0 Å². The smallest absolute Gasteiger partial charge is 0.0652 e. The third kappa shape index (κ3) is 7.56. The molecule has 0 aromatic rings. The second kappa shape index (κ2) is 8.55. The minimum atomic E-state index is 0.236. The van der Waals surface area contributed by atoms with Crippen molar-refractivity contribution in [2.24, 2.45) is 11.7 Å². The zero-order valence-electron chi connectivity index (χ0n) is 8.05. The van der Waals surface area contributed by atoms with Gasteiger partial charge >= 0.3 is 0 Å². The molecule has 0 radical (unpaired) electrons. The van der Waals surface area contributed by atoms with Crippen molar-refractivity contribution in [2.75, 3.05) is 6.54 Å². The van der Waals surface area contributed by atoms with E-state index in [1.54, 1.807) is 0 Å². The molecule has 0 aromatic carbocycles. The van der Waals surface area contributed by atoms with Gasteiger partial charge in [0.15, 0.2) is 0 Å². The highest BCUT2D eigenvalue weighted by molar-refractivity contribution is 4.77. The lowest BCUT2D eigenvalue weighted by Crippen LogP contribution is -1.97. The van der Waals surface area contributed by atoms with Gasteiger partial charge in [-0.3, -0.25) is 0 Å². The van der Waals surface area contributed by atoms with Gasteiger partial charge < -0.3 is 5.73 Å². The number of nitrogens with zero attached hydrogens (tertiary/aromatic N) is 1. The Labute approximate surface area is 75.8 Å². The molecule has 0 amide bonds. The van der Waals surface area contributed by atoms with Gasteiger partial charge in [0.1, 0.15) is 0 Å². The Balaban J connectivity index is 2.96. The molecule has 70 valence electrons. The van der Waals surface area contributed by atoms with Crippen LogP contribution in [0.2, 0.25) is 0 Å². The highest BCUT2D eigenvalue weighted by atomic mass is 14.5. The van der Waals surface area contributed by atoms with Gasteiger partial charge in [-0.2, -0.15) is 5.26 Å². The van der Waals surface area contributed by atoms with E-state index in [2.05, 4.69) is 6.07 Å². The maximum absolute atomic E-state index is 8.51. The first kappa shape index (κ1) is 11.4. The Morgan fingerprint density at radius 1 is 1.17 bits per heavy atom. The summed E-state index contributed by atoms with van der Waals surface area (Å²) >= 11 is 0. The lowest BCUT2D eigenvalue weighted by atomic mass is 10.0. The van der Waals surface area contributed by atoms with Gasteiger partial charge in [0.05, 0.1) is 6.07 Å². The van der Waals surface area contributed by atoms with E-state index in [0.29, 0.717) is 0 Å². The molecule has 0 aromatic heterocycles. The van der Waals surface area contributed by atoms with Gasteiger partial charge in [0.2, 0.25) is 0 Å². The summed E-state index contributed by atoms with van der Waals surface area (Å²) in [6.07, 6.45) is 7.17. The van der Waals surface area contributed by atoms with Crippen LogP contribution in [0.1, 0.15) is 45.4 Å². The summed E-state index contributed by atoms with van der Waals surface area (Å²) in [5, 5.41) is 8.51. The SMILES string of the molecule is CC(C#N)CCCCCCCN. The first-order valence-electron chi connectivity index (χ1n) is 4.91. The molecule has 2 N–H and O–H groups in total. The number of rotatable bonds is 7. The summed E-state index contributed by atoms with van der Waals surface area (Å²) in [7, 11) is 0. The monoisotopic (exact) mass is 168 g/mol. The summed E-state index contributed by atoms with van der Waals surface area (Å²) < 4.78 is 0. The highest BCUT2D eigenvalue weighted by Crippen LogP contribution is 2.09. The standard InChI is InChI=1S/C10H20N2/c1-10(9-12)7-5-3-2-4-6-8-11/h10H,2-8,11H2,1H3. The van der Waals surface area contributed by atoms with Crippen molar-refractivity contribution in [2.45, 2.75) is 45.4 Å². The van der Waals surface area contributed by atoms with E-state index in [1.165, 1.54) is 25.7 Å². The second-order valence-electron chi connectivity index (χ2n) is 3.38. The number of hydrogen-bond donors (Lipinski definition) is 1. The van der Waals surface area contributed by atoms with E-state index >= 15 is 0 Å². The number of unbranched alkanes of at least 4 members (excludes halogenated alkanes) is 4. The van der Waals surface area contributed by atoms with Crippen molar-refractivity contribution in [3.8, 4) is 6.07 Å². The summed E-state index contributed by atoms with van der Waals surface area (Å²) in [4.78, 5) is 0. The van der Waals surface area contributed by atoms with Gasteiger partial charge in [-0.1, -0.05) is 25.7 Å². The van der Waals surface area contributed by atoms with Crippen molar-refractivity contribution in [1.29, 1.82) is 5.26 Å². The molecule has 0 aliphatic carbocycles. The van der Waals surface area contributed by atoms with E-state index in [-0.39, 0.29) is 5.92 Å². The molecule has 0 saturated carbocycles. The second-order valence-corrected chi connectivity index (χ2v) is 3.38. The maximum atomic E-state index is 8.51. The van der Waals surface area contributed by atoms with Gasteiger partial charge in [0.25, 0.3) is 0 Å². The molecule has 0 aliphatic heterocycles. The van der Waals surface area contributed by atoms with E-state index in [4.69, 9.17) is 11.0 Å². The van der Waals surface area contributed by atoms with Crippen LogP contribution in [0.4, 0.5) is 0 Å². The molecule has 2 heteroatoms. The fourth-order valence-electron chi connectivity index (χ4n) is 1.19. The maximum Gasteiger partial charge on any atom is 0.0652 e. The quantitative estimate of drug-likeness (QED) is 0.593. The van der Waals surface area contributed by atoms with Gasteiger partial charge in [-0.15, -0.1) is 0 Å². The number of hydrogen-bond acceptors (Lipinski definition) is 2. The van der Waals surface area contributed by atoms with E-state index in [0.717, 1.165) is 19.4 Å². The molecule has 2 nitrogen and oxygen atoms in total. The van der Waals surface area contributed by atoms with Crippen LogP contribution >= 0.6 is 0 Å². The lowest BCUT2D eigenvalue weighted by molar-refractivity contribution is 0.552. The zero-order valence-corrected chi connectivity index (χ0v) is 8.05. The summed E-state index contributed by atoms with van der Waals surface area (Å²) in [5.74, 6) is 0.236. The first-order chi connectivity index (χ1) is 5.81. The van der Waals surface area contributed by atoms with E-state index in [1.807, 2.05) is 6.92 Å². The first-order valence-corrected chi connectivity index (χ1v) is 4.91. The topological polar surface area (TPSA) is 49.8 Å². The minimum absolute atomic E-state index is 0.236. The van der Waals surface area contributed by atoms with Crippen LogP contribution in [-0.2, 0) is 0 Å². The molecule has 0 aliphatic rings. The average Bonchev–Trinajstić information content (AvgIpc) is 2.10. The normalized spacial score (nSPS) is 12.4. The molecule has 1 atom stereocenters. The van der Waals surface area contributed by atoms with Gasteiger partial charge in [-0.25, -0.2) is 0 Å². The summed E-state index contributed by atoms with van der Waals surface area (Å²) in [6, 6.07) is 2.25. The van der Waals surface area contributed by atoms with Crippen LogP contribution in [0.5, 0.6) is 0 Å². The molecule has 0 bridgehead atoms. The van der Waals surface area contributed by atoms with Crippen LogP contribution < -0.4 is 5.73 Å². The van der Waals surface area contributed by atoms with Crippen LogP contribution in [-0.4, -0.2) is 6.54 Å². The van der Waals surface area contributed by atoms with Crippen LogP contribution in [0.3, 0.4) is 0 Å². The van der Waals surface area contributed by atoms with Crippen LogP contribution in [0, 0.1) is 17.2 Å². The molecule has 0 heterocycles. The largest absolute Gasteiger partial charge is 0.330 e. The van der Waals surface area contributed by atoms with Crippen molar-refractivity contribution in [3.63, 3.8) is 0 Å². The Morgan fingerprint density at radius 2 is 1.75 bits per heavy atom. The molecule has 12 heavy (non-hydrogen) atoms. The lowest BCUT2D eigenvalue weighted by Gasteiger charge is -2.01. The summed E-state index contributed by atoms with van der Waals surface area (Å²) in [5.41, 5.74) is 5.37. The van der Waals surface area contributed by atoms with E-state index in [9.17, 15) is 0 Å². The summed E-state index contributed by atoms with van der Waals surface area (Å²) in [6.45, 7) is 2.80. The molecule has 0 saturated heterocycles. The fourth-order valence-corrected chi connectivity index (χ4v) is 1.19. The minimum Gasteiger partial charge on any atom is -0.330 e. The third-order valence-electron chi connectivity index (χ3n) is 2.06. The Kier molecular flexibility index (Phi) is 8.15. The number of nitrogens with two attached hydrogens (primary N) is 1. The third-order valence-corrected chi connectivity index (χ3v) is 2.06. The Hall–Kier alpha value is -0.550. The molecule has 0 rings (SSSR count). The molecule has 0 spiro atoms. The average molecular weight is 168 g/mol. The van der Waals surface area contributed by atoms with Crippen molar-refractivity contribution in [3.05, 3.63) is 0 Å². The van der Waals surface area contributed by atoms with Gasteiger partial charge in [-0.05, 0) is 26.3 Å². The van der Waals surface area contributed by atoms with E-state index < -0.39 is 0 Å². The predicted molar refractivity (Wildman–Crippen MR) is 51.5 cm³/mol. The van der Waals surface area contributed by atoms with Crippen LogP contribution in [0.15, 0.2) is 0 Å². The molecular weight excluding hydrogens is 148 g/mol. The Bertz CT molecular complexity index is 126. The fraction of sp³-hybridized carbons (Fsp3) is 0.900.